The number of carbonyl (C=O) groups is 2. The van der Waals surface area contributed by atoms with E-state index in [1.54, 1.807) is 42.6 Å². The Labute approximate surface area is 140 Å². The quantitative estimate of drug-likeness (QED) is 0.827. The van der Waals surface area contributed by atoms with Crippen molar-refractivity contribution in [3.63, 3.8) is 0 Å². The Morgan fingerprint density at radius 1 is 1.08 bits per heavy atom. The molecule has 0 bridgehead atoms. The van der Waals surface area contributed by atoms with E-state index in [9.17, 15) is 18.0 Å². The van der Waals surface area contributed by atoms with Crippen molar-refractivity contribution >= 4 is 33.0 Å². The molecule has 8 heteroatoms. The molecular formula is C16H17N3O4S. The van der Waals surface area contributed by atoms with Gasteiger partial charge in [-0.05, 0) is 30.3 Å². The summed E-state index contributed by atoms with van der Waals surface area (Å²) in [6.45, 7) is 1.48. The van der Waals surface area contributed by atoms with Crippen molar-refractivity contribution < 1.29 is 18.0 Å². The van der Waals surface area contributed by atoms with Crippen molar-refractivity contribution in [3.05, 3.63) is 54.4 Å². The maximum absolute atomic E-state index is 12.1. The molecule has 2 N–H and O–H groups in total. The molecule has 24 heavy (non-hydrogen) atoms. The number of anilines is 2. The summed E-state index contributed by atoms with van der Waals surface area (Å²) < 4.78 is 22.9. The Kier molecular flexibility index (Phi) is 5.64. The molecular weight excluding hydrogens is 330 g/mol. The Hall–Kier alpha value is -2.74. The Morgan fingerprint density at radius 3 is 2.42 bits per heavy atom. The summed E-state index contributed by atoms with van der Waals surface area (Å²) in [5.41, 5.74) is 1.27. The molecule has 0 radical (unpaired) electrons. The first-order chi connectivity index (χ1) is 11.4. The van der Waals surface area contributed by atoms with Gasteiger partial charge in [0.05, 0.1) is 5.56 Å². The molecule has 1 aromatic heterocycles. The van der Waals surface area contributed by atoms with E-state index in [2.05, 4.69) is 15.6 Å². The summed E-state index contributed by atoms with van der Waals surface area (Å²) >= 11 is 0. The predicted molar refractivity (Wildman–Crippen MR) is 91.6 cm³/mol. The molecule has 7 nitrogen and oxygen atoms in total. The van der Waals surface area contributed by atoms with Gasteiger partial charge in [0.1, 0.15) is 5.75 Å². The van der Waals surface area contributed by atoms with Gasteiger partial charge in [-0.25, -0.2) is 8.42 Å². The second kappa shape index (κ2) is 7.69. The summed E-state index contributed by atoms with van der Waals surface area (Å²) in [4.78, 5) is 27.7. The lowest BCUT2D eigenvalue weighted by Crippen LogP contribution is -2.24. The van der Waals surface area contributed by atoms with Crippen LogP contribution in [0.1, 0.15) is 17.3 Å². The second-order valence-corrected chi connectivity index (χ2v) is 7.35. The third-order valence-electron chi connectivity index (χ3n) is 3.12. The highest BCUT2D eigenvalue weighted by Gasteiger charge is 2.14. The summed E-state index contributed by atoms with van der Waals surface area (Å²) in [7, 11) is -3.39. The van der Waals surface area contributed by atoms with Gasteiger partial charge in [0.2, 0.25) is 5.91 Å². The Morgan fingerprint density at radius 2 is 1.79 bits per heavy atom. The molecule has 2 amide bonds. The van der Waals surface area contributed by atoms with Gasteiger partial charge in [0.25, 0.3) is 5.91 Å². The number of rotatable bonds is 6. The first kappa shape index (κ1) is 17.6. The minimum absolute atomic E-state index is 0.0956. The van der Waals surface area contributed by atoms with E-state index in [0.29, 0.717) is 16.9 Å². The summed E-state index contributed by atoms with van der Waals surface area (Å²) in [5, 5.41) is 5.19. The monoisotopic (exact) mass is 347 g/mol. The largest absolute Gasteiger partial charge is 0.325 e. The number of pyridine rings is 1. The molecule has 0 atom stereocenters. The Bertz CT molecular complexity index is 835. The smallest absolute Gasteiger partial charge is 0.257 e. The van der Waals surface area contributed by atoms with Crippen LogP contribution < -0.4 is 10.6 Å². The summed E-state index contributed by atoms with van der Waals surface area (Å²) in [6.07, 6.45) is 3.01. The minimum Gasteiger partial charge on any atom is -0.325 e. The number of nitrogens with one attached hydrogen (secondary N) is 2. The highest BCUT2D eigenvalue weighted by Crippen LogP contribution is 2.16. The van der Waals surface area contributed by atoms with Gasteiger partial charge in [0, 0.05) is 29.5 Å². The van der Waals surface area contributed by atoms with Crippen molar-refractivity contribution in [1.82, 2.24) is 4.98 Å². The standard InChI is InChI=1S/C16H17N3O4S/c1-2-24(22,23)11-15(20)18-13-6-3-7-14(9-13)19-16(21)12-5-4-8-17-10-12/h3-10H,2,11H2,1H3,(H,18,20)(H,19,21). The van der Waals surface area contributed by atoms with Crippen LogP contribution in [0.15, 0.2) is 48.8 Å². The highest BCUT2D eigenvalue weighted by molar-refractivity contribution is 7.92. The van der Waals surface area contributed by atoms with Crippen LogP contribution >= 0.6 is 0 Å². The normalized spacial score (nSPS) is 10.9. The van der Waals surface area contributed by atoms with Gasteiger partial charge in [-0.1, -0.05) is 13.0 Å². The zero-order valence-corrected chi connectivity index (χ0v) is 13.8. The third-order valence-corrected chi connectivity index (χ3v) is 4.70. The van der Waals surface area contributed by atoms with Crippen LogP contribution in [0, 0.1) is 0 Å². The Balaban J connectivity index is 2.04. The van der Waals surface area contributed by atoms with E-state index in [1.165, 1.54) is 13.1 Å². The van der Waals surface area contributed by atoms with Crippen LogP contribution in [0.25, 0.3) is 0 Å². The van der Waals surface area contributed by atoms with Crippen LogP contribution in [-0.2, 0) is 14.6 Å². The van der Waals surface area contributed by atoms with Crippen molar-refractivity contribution in [2.24, 2.45) is 0 Å². The number of aromatic nitrogens is 1. The summed E-state index contributed by atoms with van der Waals surface area (Å²) in [5.74, 6) is -1.62. The van der Waals surface area contributed by atoms with Gasteiger partial charge in [-0.3, -0.25) is 14.6 Å². The number of benzene rings is 1. The molecule has 1 aromatic carbocycles. The first-order valence-electron chi connectivity index (χ1n) is 7.21. The molecule has 0 aliphatic carbocycles. The molecule has 0 spiro atoms. The fraction of sp³-hybridized carbons (Fsp3) is 0.188. The van der Waals surface area contributed by atoms with E-state index in [0.717, 1.165) is 0 Å². The molecule has 0 saturated carbocycles. The van der Waals surface area contributed by atoms with E-state index >= 15 is 0 Å². The van der Waals surface area contributed by atoms with Gasteiger partial charge >= 0.3 is 0 Å². The lowest BCUT2D eigenvalue weighted by atomic mass is 10.2. The zero-order chi connectivity index (χ0) is 17.6. The average Bonchev–Trinajstić information content (AvgIpc) is 2.55. The second-order valence-electron chi connectivity index (χ2n) is 5.00. The van der Waals surface area contributed by atoms with E-state index in [1.807, 2.05) is 0 Å². The van der Waals surface area contributed by atoms with E-state index in [-0.39, 0.29) is 11.7 Å². The minimum atomic E-state index is -3.39. The fourth-order valence-corrected chi connectivity index (χ4v) is 2.55. The van der Waals surface area contributed by atoms with Crippen LogP contribution in [-0.4, -0.2) is 36.7 Å². The molecule has 0 aliphatic heterocycles. The number of nitrogens with zero attached hydrogens (tertiary/aromatic N) is 1. The van der Waals surface area contributed by atoms with Gasteiger partial charge in [-0.2, -0.15) is 0 Å². The van der Waals surface area contributed by atoms with Gasteiger partial charge in [0.15, 0.2) is 9.84 Å². The molecule has 126 valence electrons. The van der Waals surface area contributed by atoms with Crippen LogP contribution in [0.5, 0.6) is 0 Å². The fourth-order valence-electron chi connectivity index (χ4n) is 1.87. The lowest BCUT2D eigenvalue weighted by Gasteiger charge is -2.09. The van der Waals surface area contributed by atoms with Gasteiger partial charge < -0.3 is 10.6 Å². The number of hydrogen-bond acceptors (Lipinski definition) is 5. The van der Waals surface area contributed by atoms with Crippen molar-refractivity contribution in [1.29, 1.82) is 0 Å². The molecule has 2 rings (SSSR count). The van der Waals surface area contributed by atoms with Crippen molar-refractivity contribution in [2.45, 2.75) is 6.92 Å². The first-order valence-corrected chi connectivity index (χ1v) is 9.03. The zero-order valence-electron chi connectivity index (χ0n) is 13.0. The van der Waals surface area contributed by atoms with Crippen molar-refractivity contribution in [3.8, 4) is 0 Å². The van der Waals surface area contributed by atoms with Crippen molar-refractivity contribution in [2.75, 3.05) is 22.1 Å². The molecule has 0 fully saturated rings. The number of hydrogen-bond donors (Lipinski definition) is 2. The topological polar surface area (TPSA) is 105 Å². The average molecular weight is 347 g/mol. The third kappa shape index (κ3) is 5.17. The highest BCUT2D eigenvalue weighted by atomic mass is 32.2. The van der Waals surface area contributed by atoms with Crippen LogP contribution in [0.2, 0.25) is 0 Å². The van der Waals surface area contributed by atoms with E-state index in [4.69, 9.17) is 0 Å². The number of amides is 2. The number of carbonyl (C=O) groups excluding carboxylic acids is 2. The molecule has 0 unspecified atom stereocenters. The van der Waals surface area contributed by atoms with E-state index < -0.39 is 21.5 Å². The predicted octanol–water partition coefficient (Wildman–Crippen LogP) is 1.71. The maximum Gasteiger partial charge on any atom is 0.257 e. The molecule has 1 heterocycles. The van der Waals surface area contributed by atoms with Crippen LogP contribution in [0.3, 0.4) is 0 Å². The SMILES string of the molecule is CCS(=O)(=O)CC(=O)Nc1cccc(NC(=O)c2cccnc2)c1. The molecule has 0 saturated heterocycles. The van der Waals surface area contributed by atoms with Gasteiger partial charge in [-0.15, -0.1) is 0 Å². The maximum atomic E-state index is 12.1. The molecule has 0 aliphatic rings. The summed E-state index contributed by atoms with van der Waals surface area (Å²) in [6, 6.07) is 9.74. The number of sulfone groups is 1. The lowest BCUT2D eigenvalue weighted by molar-refractivity contribution is -0.113. The molecule has 2 aromatic rings. The van der Waals surface area contributed by atoms with Crippen LogP contribution in [0.4, 0.5) is 11.4 Å².